The number of nitrogens with zero attached hydrogens (tertiary/aromatic N) is 3. The van der Waals surface area contributed by atoms with Gasteiger partial charge in [0.05, 0.1) is 12.1 Å². The molecule has 0 saturated carbocycles. The van der Waals surface area contributed by atoms with Gasteiger partial charge >= 0.3 is 0 Å². The number of aryl methyl sites for hydroxylation is 2. The Morgan fingerprint density at radius 1 is 1.12 bits per heavy atom. The quantitative estimate of drug-likeness (QED) is 0.908. The van der Waals surface area contributed by atoms with Gasteiger partial charge in [-0.05, 0) is 49.9 Å². The van der Waals surface area contributed by atoms with Crippen molar-refractivity contribution in [3.8, 4) is 0 Å². The summed E-state index contributed by atoms with van der Waals surface area (Å²) < 4.78 is 12.9. The standard InChI is InChI=1S/C19H20FN3O2/c1-12(2)23-11-16(17(24)19(23)25)18-21-9-14(10-22-18)4-3-13-5-7-15(20)8-6-13/h5-10,12,24H,3-4,11H2,1-2H3. The number of carbonyl (C=O) groups excluding carboxylic acids is 1. The molecule has 2 heterocycles. The van der Waals surface area contributed by atoms with Crippen molar-refractivity contribution in [2.75, 3.05) is 6.54 Å². The zero-order valence-corrected chi connectivity index (χ0v) is 14.2. The Kier molecular flexibility index (Phi) is 4.79. The van der Waals surface area contributed by atoms with Crippen LogP contribution in [0.25, 0.3) is 5.57 Å². The van der Waals surface area contributed by atoms with Gasteiger partial charge in [0.25, 0.3) is 5.91 Å². The molecule has 5 nitrogen and oxygen atoms in total. The van der Waals surface area contributed by atoms with Crippen LogP contribution in [0.5, 0.6) is 0 Å². The summed E-state index contributed by atoms with van der Waals surface area (Å²) in [6.07, 6.45) is 4.90. The Morgan fingerprint density at radius 3 is 2.28 bits per heavy atom. The third-order valence-corrected chi connectivity index (χ3v) is 4.29. The lowest BCUT2D eigenvalue weighted by Crippen LogP contribution is -2.33. The molecule has 0 atom stereocenters. The molecule has 0 saturated heterocycles. The molecule has 1 aliphatic rings. The first-order chi connectivity index (χ1) is 12.0. The molecule has 0 spiro atoms. The van der Waals surface area contributed by atoms with E-state index in [1.165, 1.54) is 12.1 Å². The van der Waals surface area contributed by atoms with Gasteiger partial charge in [0.2, 0.25) is 0 Å². The van der Waals surface area contributed by atoms with Gasteiger partial charge in [-0.3, -0.25) is 4.79 Å². The van der Waals surface area contributed by atoms with E-state index in [0.29, 0.717) is 17.9 Å². The molecule has 3 rings (SSSR count). The molecule has 2 aromatic rings. The molecule has 130 valence electrons. The average molecular weight is 341 g/mol. The van der Waals surface area contributed by atoms with E-state index in [1.807, 2.05) is 13.8 Å². The van der Waals surface area contributed by atoms with Gasteiger partial charge in [-0.15, -0.1) is 0 Å². The number of benzene rings is 1. The highest BCUT2D eigenvalue weighted by molar-refractivity contribution is 6.03. The van der Waals surface area contributed by atoms with Gasteiger partial charge in [-0.25, -0.2) is 14.4 Å². The van der Waals surface area contributed by atoms with Crippen molar-refractivity contribution in [2.24, 2.45) is 0 Å². The number of aromatic nitrogens is 2. The molecule has 1 amide bonds. The molecule has 0 bridgehead atoms. The van der Waals surface area contributed by atoms with Crippen LogP contribution in [-0.2, 0) is 17.6 Å². The summed E-state index contributed by atoms with van der Waals surface area (Å²) in [4.78, 5) is 22.2. The fourth-order valence-electron chi connectivity index (χ4n) is 2.76. The first-order valence-corrected chi connectivity index (χ1v) is 8.24. The number of halogens is 1. The Labute approximate surface area is 145 Å². The number of hydrogen-bond acceptors (Lipinski definition) is 4. The third kappa shape index (κ3) is 3.68. The highest BCUT2D eigenvalue weighted by Gasteiger charge is 2.33. The molecule has 6 heteroatoms. The van der Waals surface area contributed by atoms with E-state index in [0.717, 1.165) is 24.0 Å². The van der Waals surface area contributed by atoms with Crippen LogP contribution in [0.3, 0.4) is 0 Å². The van der Waals surface area contributed by atoms with Crippen LogP contribution >= 0.6 is 0 Å². The maximum absolute atomic E-state index is 12.9. The van der Waals surface area contributed by atoms with Crippen molar-refractivity contribution in [3.63, 3.8) is 0 Å². The maximum Gasteiger partial charge on any atom is 0.289 e. The Hall–Kier alpha value is -2.76. The van der Waals surface area contributed by atoms with Gasteiger partial charge in [-0.1, -0.05) is 12.1 Å². The third-order valence-electron chi connectivity index (χ3n) is 4.29. The number of carbonyl (C=O) groups is 1. The molecule has 0 radical (unpaired) electrons. The van der Waals surface area contributed by atoms with Gasteiger partial charge in [0.1, 0.15) is 5.82 Å². The zero-order chi connectivity index (χ0) is 18.0. The van der Waals surface area contributed by atoms with Gasteiger partial charge in [0.15, 0.2) is 11.6 Å². The lowest BCUT2D eigenvalue weighted by molar-refractivity contribution is -0.129. The molecule has 25 heavy (non-hydrogen) atoms. The molecule has 0 fully saturated rings. The van der Waals surface area contributed by atoms with E-state index < -0.39 is 0 Å². The SMILES string of the molecule is CC(C)N1CC(c2ncc(CCc3ccc(F)cc3)cn2)=C(O)C1=O. The smallest absolute Gasteiger partial charge is 0.289 e. The summed E-state index contributed by atoms with van der Waals surface area (Å²) in [5.74, 6) is -0.521. The van der Waals surface area contributed by atoms with Gasteiger partial charge in [-0.2, -0.15) is 0 Å². The monoisotopic (exact) mass is 341 g/mol. The predicted octanol–water partition coefficient (Wildman–Crippen LogP) is 2.92. The second-order valence-electron chi connectivity index (χ2n) is 6.40. The first-order valence-electron chi connectivity index (χ1n) is 8.24. The van der Waals surface area contributed by atoms with E-state index in [9.17, 15) is 14.3 Å². The molecule has 0 unspecified atom stereocenters. The summed E-state index contributed by atoms with van der Waals surface area (Å²) in [5, 5.41) is 10.1. The van der Waals surface area contributed by atoms with Crippen molar-refractivity contribution in [1.29, 1.82) is 0 Å². The Morgan fingerprint density at radius 2 is 1.72 bits per heavy atom. The fourth-order valence-corrected chi connectivity index (χ4v) is 2.76. The number of hydrogen-bond donors (Lipinski definition) is 1. The lowest BCUT2D eigenvalue weighted by Gasteiger charge is -2.20. The second kappa shape index (κ2) is 7.01. The molecule has 1 aromatic carbocycles. The Bertz CT molecular complexity index is 798. The van der Waals surface area contributed by atoms with Crippen molar-refractivity contribution < 1.29 is 14.3 Å². The topological polar surface area (TPSA) is 66.3 Å². The largest absolute Gasteiger partial charge is 0.503 e. The number of aliphatic hydroxyl groups is 1. The van der Waals surface area contributed by atoms with Crippen LogP contribution in [0.4, 0.5) is 4.39 Å². The Balaban J connectivity index is 1.68. The first kappa shape index (κ1) is 17.1. The van der Waals surface area contributed by atoms with Crippen LogP contribution < -0.4 is 0 Å². The number of amides is 1. The normalized spacial score (nSPS) is 14.7. The summed E-state index contributed by atoms with van der Waals surface area (Å²) in [5.41, 5.74) is 2.45. The van der Waals surface area contributed by atoms with Crippen LogP contribution in [0.1, 0.15) is 30.8 Å². The fraction of sp³-hybridized carbons (Fsp3) is 0.316. The van der Waals surface area contributed by atoms with Crippen molar-refractivity contribution >= 4 is 11.5 Å². The van der Waals surface area contributed by atoms with Crippen molar-refractivity contribution in [2.45, 2.75) is 32.7 Å². The lowest BCUT2D eigenvalue weighted by atomic mass is 10.1. The van der Waals surface area contributed by atoms with E-state index in [2.05, 4.69) is 9.97 Å². The number of rotatable bonds is 5. The summed E-state index contributed by atoms with van der Waals surface area (Å²) in [6, 6.07) is 6.42. The minimum absolute atomic E-state index is 0.00197. The molecule has 0 aliphatic carbocycles. The van der Waals surface area contributed by atoms with Crippen LogP contribution in [-0.4, -0.2) is 38.5 Å². The predicted molar refractivity (Wildman–Crippen MR) is 92.2 cm³/mol. The molecular weight excluding hydrogens is 321 g/mol. The van der Waals surface area contributed by atoms with Gasteiger partial charge in [0, 0.05) is 18.4 Å². The van der Waals surface area contributed by atoms with Crippen LogP contribution in [0.2, 0.25) is 0 Å². The molecule has 1 aliphatic heterocycles. The molecule has 1 aromatic heterocycles. The van der Waals surface area contributed by atoms with E-state index in [1.54, 1.807) is 29.4 Å². The average Bonchev–Trinajstić information content (AvgIpc) is 2.91. The van der Waals surface area contributed by atoms with E-state index >= 15 is 0 Å². The number of aliphatic hydroxyl groups excluding tert-OH is 1. The summed E-state index contributed by atoms with van der Waals surface area (Å²) >= 11 is 0. The van der Waals surface area contributed by atoms with Crippen LogP contribution in [0.15, 0.2) is 42.4 Å². The summed E-state index contributed by atoms with van der Waals surface area (Å²) in [7, 11) is 0. The molecular formula is C19H20FN3O2. The summed E-state index contributed by atoms with van der Waals surface area (Å²) in [6.45, 7) is 4.11. The zero-order valence-electron chi connectivity index (χ0n) is 14.2. The van der Waals surface area contributed by atoms with Crippen LogP contribution in [0, 0.1) is 5.82 Å². The van der Waals surface area contributed by atoms with E-state index in [-0.39, 0.29) is 23.5 Å². The van der Waals surface area contributed by atoms with Crippen molar-refractivity contribution in [1.82, 2.24) is 14.9 Å². The van der Waals surface area contributed by atoms with Gasteiger partial charge < -0.3 is 10.0 Å². The second-order valence-corrected chi connectivity index (χ2v) is 6.40. The maximum atomic E-state index is 12.9. The highest BCUT2D eigenvalue weighted by atomic mass is 19.1. The highest BCUT2D eigenvalue weighted by Crippen LogP contribution is 2.25. The minimum Gasteiger partial charge on any atom is -0.503 e. The molecule has 1 N–H and O–H groups in total. The van der Waals surface area contributed by atoms with E-state index in [4.69, 9.17) is 0 Å². The van der Waals surface area contributed by atoms with Crippen molar-refractivity contribution in [3.05, 3.63) is 65.2 Å². The minimum atomic E-state index is -0.381.